The van der Waals surface area contributed by atoms with Crippen LogP contribution < -0.4 is 16.0 Å². The first-order valence-corrected chi connectivity index (χ1v) is 32.8. The topological polar surface area (TPSA) is 254 Å². The summed E-state index contributed by atoms with van der Waals surface area (Å²) in [7, 11) is 6.69. The van der Waals surface area contributed by atoms with Crippen LogP contribution in [0.25, 0.3) is 10.9 Å². The molecule has 4 N–H and O–H groups in total. The predicted molar refractivity (Wildman–Crippen MR) is 346 cm³/mol. The van der Waals surface area contributed by atoms with Crippen LogP contribution in [0.2, 0.25) is 0 Å². The molecule has 3 aromatic rings. The molecule has 2 aromatic carbocycles. The number of unbranched alkanes of at least 4 members (excludes halogenated alkanes) is 2. The zero-order chi connectivity index (χ0) is 65.5. The molecular formula is C68H102N8O12S. The lowest BCUT2D eigenvalue weighted by Gasteiger charge is -2.41. The summed E-state index contributed by atoms with van der Waals surface area (Å²) in [6, 6.07) is 14.6. The summed E-state index contributed by atoms with van der Waals surface area (Å²) in [6.45, 7) is 15.0. The number of para-hydroxylation sites is 1. The number of aromatic amines is 1. The van der Waals surface area contributed by atoms with Gasteiger partial charge in [-0.3, -0.25) is 58.3 Å². The van der Waals surface area contributed by atoms with Gasteiger partial charge in [-0.2, -0.15) is 12.6 Å². The molecule has 20 nitrogen and oxygen atoms in total. The molecule has 0 radical (unpaired) electrons. The van der Waals surface area contributed by atoms with E-state index in [-0.39, 0.29) is 128 Å². The number of imide groups is 1. The van der Waals surface area contributed by atoms with Crippen LogP contribution in [0.5, 0.6) is 0 Å². The number of hydrogen-bond acceptors (Lipinski definition) is 15. The van der Waals surface area contributed by atoms with Gasteiger partial charge in [-0.25, -0.2) is 0 Å². The number of likely N-dealkylation sites (N-methyl/N-ethyl adjacent to an activating group) is 2. The molecule has 2 fully saturated rings. The molecule has 21 heteroatoms. The van der Waals surface area contributed by atoms with E-state index in [0.717, 1.165) is 22.0 Å². The number of H-pyrrole nitrogens is 1. The number of Topliss-reactive ketones (excluding diaryl/α,β-unsaturated/α-hetero) is 3. The fourth-order valence-corrected chi connectivity index (χ4v) is 13.3. The third-order valence-corrected chi connectivity index (χ3v) is 18.7. The van der Waals surface area contributed by atoms with Gasteiger partial charge in [0.1, 0.15) is 12.1 Å². The van der Waals surface area contributed by atoms with Gasteiger partial charge in [0.15, 0.2) is 11.6 Å². The monoisotopic (exact) mass is 1250 g/mol. The van der Waals surface area contributed by atoms with Crippen LogP contribution >= 0.6 is 12.6 Å². The van der Waals surface area contributed by atoms with Crippen molar-refractivity contribution in [1.82, 2.24) is 40.5 Å². The number of nitrogens with one attached hydrogen (secondary N) is 4. The van der Waals surface area contributed by atoms with Crippen LogP contribution in [-0.4, -0.2) is 186 Å². The fourth-order valence-electron chi connectivity index (χ4n) is 13.1. The number of nitrogens with zero attached hydrogens (tertiary/aromatic N) is 4. The average molecular weight is 1260 g/mol. The summed E-state index contributed by atoms with van der Waals surface area (Å²) in [5.74, 6) is -4.17. The Hall–Kier alpha value is -6.13. The number of hydrogen-bond donors (Lipinski definition) is 5. The van der Waals surface area contributed by atoms with Crippen molar-refractivity contribution in [3.05, 3.63) is 71.9 Å². The summed E-state index contributed by atoms with van der Waals surface area (Å²) in [5, 5.41) is 9.62. The van der Waals surface area contributed by atoms with Crippen LogP contribution in [0.1, 0.15) is 143 Å². The highest BCUT2D eigenvalue weighted by atomic mass is 32.1. The second-order valence-corrected chi connectivity index (χ2v) is 25.7. The number of ether oxygens (including phenoxy) is 2. The molecule has 2 aliphatic heterocycles. The smallest absolute Gasteiger partial charge is 0.246 e. The maximum absolute atomic E-state index is 14.9. The molecule has 0 aliphatic carbocycles. The molecule has 492 valence electrons. The van der Waals surface area contributed by atoms with E-state index in [0.29, 0.717) is 77.3 Å². The van der Waals surface area contributed by atoms with Crippen molar-refractivity contribution in [2.45, 2.75) is 187 Å². The Balaban J connectivity index is 1.14. The Kier molecular flexibility index (Phi) is 30.3. The van der Waals surface area contributed by atoms with Crippen molar-refractivity contribution >= 4 is 82.6 Å². The summed E-state index contributed by atoms with van der Waals surface area (Å²) in [6.07, 6.45) is 5.88. The lowest BCUT2D eigenvalue weighted by molar-refractivity contribution is -0.149. The van der Waals surface area contributed by atoms with E-state index in [2.05, 4.69) is 33.6 Å². The Bertz CT molecular complexity index is 2830. The molecule has 0 spiro atoms. The second-order valence-electron chi connectivity index (χ2n) is 25.4. The molecule has 89 heavy (non-hydrogen) atoms. The highest BCUT2D eigenvalue weighted by Gasteiger charge is 2.44. The molecule has 0 bridgehead atoms. The first-order valence-electron chi connectivity index (χ1n) is 32.2. The van der Waals surface area contributed by atoms with Crippen LogP contribution in [0, 0.1) is 35.5 Å². The van der Waals surface area contributed by atoms with Gasteiger partial charge in [0, 0.05) is 107 Å². The summed E-state index contributed by atoms with van der Waals surface area (Å²) in [5.41, 5.74) is 2.83. The van der Waals surface area contributed by atoms with E-state index < -0.39 is 60.2 Å². The lowest BCUT2D eigenvalue weighted by Crippen LogP contribution is -2.54. The normalized spacial score (nSPS) is 18.4. The van der Waals surface area contributed by atoms with E-state index in [1.54, 1.807) is 31.1 Å². The Morgan fingerprint density at radius 3 is 2.19 bits per heavy atom. The molecule has 2 saturated heterocycles. The molecule has 5 rings (SSSR count). The molecule has 11 atom stereocenters. The number of carbonyl (C=O) groups excluding carboxylic acids is 10. The molecular weight excluding hydrogens is 1150 g/mol. The molecule has 0 saturated carbocycles. The minimum atomic E-state index is -0.755. The lowest BCUT2D eigenvalue weighted by atomic mass is 9.83. The number of aromatic nitrogens is 1. The van der Waals surface area contributed by atoms with E-state index in [1.807, 2.05) is 121 Å². The highest BCUT2D eigenvalue weighted by Crippen LogP contribution is 2.33. The number of aldehydes is 1. The third-order valence-electron chi connectivity index (χ3n) is 18.4. The van der Waals surface area contributed by atoms with Crippen molar-refractivity contribution < 1.29 is 57.4 Å². The quantitative estimate of drug-likeness (QED) is 0.0167. The largest absolute Gasteiger partial charge is 0.379 e. The van der Waals surface area contributed by atoms with Crippen LogP contribution in [0.15, 0.2) is 60.8 Å². The second kappa shape index (κ2) is 36.6. The average Bonchev–Trinajstić information content (AvgIpc) is 3.76. The number of methoxy groups -OCH3 is 2. The van der Waals surface area contributed by atoms with E-state index in [1.165, 1.54) is 4.90 Å². The number of fused-ring (bicyclic) bond motifs is 1. The summed E-state index contributed by atoms with van der Waals surface area (Å²) >= 11 is 4.09. The molecule has 1 aromatic heterocycles. The number of likely N-dealkylation sites (tertiary alicyclic amines) is 2. The van der Waals surface area contributed by atoms with Crippen molar-refractivity contribution in [3.8, 4) is 0 Å². The van der Waals surface area contributed by atoms with Crippen molar-refractivity contribution in [2.75, 3.05) is 60.2 Å². The van der Waals surface area contributed by atoms with Crippen molar-refractivity contribution in [3.63, 3.8) is 0 Å². The predicted octanol–water partition coefficient (Wildman–Crippen LogP) is 6.95. The van der Waals surface area contributed by atoms with E-state index >= 15 is 0 Å². The zero-order valence-electron chi connectivity index (χ0n) is 54.6. The molecule has 1 unspecified atom stereocenters. The van der Waals surface area contributed by atoms with Crippen LogP contribution in [-0.2, 0) is 70.4 Å². The number of ketones is 3. The summed E-state index contributed by atoms with van der Waals surface area (Å²) < 4.78 is 12.3. The van der Waals surface area contributed by atoms with Crippen molar-refractivity contribution in [1.29, 1.82) is 0 Å². The third kappa shape index (κ3) is 21.0. The van der Waals surface area contributed by atoms with Gasteiger partial charge in [-0.05, 0) is 87.1 Å². The SMILES string of the molecule is CC[C@H](C)[C@@H]([C@@H](CC(=O)N1CCC[C@H]1[C@H](OC)[C@@H](C)C(=O)C[C@@H](Cc1c[nH]c2ccccc12)C(=O)NCc1ccccc1)OC)N(C)C(=O)[C@@H](CC(=O)[C@H](C(C)C)N(C)CCCC(=O)CNC(=O)CCCCCN1C(=O)CC(N[C@H](C=O)CS)C1=O)C(C)C. The first kappa shape index (κ1) is 73.6. The molecule has 6 amide bonds. The van der Waals surface area contributed by atoms with E-state index in [4.69, 9.17) is 9.47 Å². The van der Waals surface area contributed by atoms with Crippen LogP contribution in [0.4, 0.5) is 0 Å². The Morgan fingerprint density at radius 1 is 0.831 bits per heavy atom. The van der Waals surface area contributed by atoms with Gasteiger partial charge in [0.25, 0.3) is 0 Å². The van der Waals surface area contributed by atoms with Gasteiger partial charge in [0.05, 0.1) is 61.8 Å². The minimum absolute atomic E-state index is 0.0122. The number of thiol groups is 1. The van der Waals surface area contributed by atoms with Gasteiger partial charge in [-0.1, -0.05) is 110 Å². The number of benzene rings is 2. The number of carbonyl (C=O) groups is 10. The van der Waals surface area contributed by atoms with Gasteiger partial charge >= 0.3 is 0 Å². The highest BCUT2D eigenvalue weighted by molar-refractivity contribution is 7.80. The summed E-state index contributed by atoms with van der Waals surface area (Å²) in [4.78, 5) is 144. The minimum Gasteiger partial charge on any atom is -0.379 e. The van der Waals surface area contributed by atoms with E-state index in [9.17, 15) is 47.9 Å². The molecule has 2 aliphatic rings. The van der Waals surface area contributed by atoms with Gasteiger partial charge in [-0.15, -0.1) is 0 Å². The number of amides is 6. The van der Waals surface area contributed by atoms with Gasteiger partial charge < -0.3 is 39.7 Å². The van der Waals surface area contributed by atoms with Gasteiger partial charge in [0.2, 0.25) is 35.4 Å². The fraction of sp³-hybridized carbons (Fsp3) is 0.647. The standard InChI is InChI=1S/C68H102N8O12S/c1-12-45(6)64(59(87-10)37-62(83)75-32-22-28-56(75)65(88-11)46(7)57(79)34-48(66(84)71-38-47-23-15-13-16-24-47)33-49-39-69-54-27-19-18-26-52(49)54)74(9)67(85)53(43(2)3)35-58(80)63(44(4)5)73(8)30-21-25-51(78)40-70-60(81)29-17-14-20-31-76-61(82)36-55(68(76)86)72-50(41-77)42-89/h13,15-16,18-19,23-24,26-27,39,41,43-46,48,50,53,55-56,59,63-65,69,72,89H,12,14,17,20-22,25,28-38,40,42H2,1-11H3,(H,70,81)(H,71,84)/t45-,46-,48+,50+,53-,55?,56-,59+,63-,64-,65+/m0/s1. The van der Waals surface area contributed by atoms with Crippen molar-refractivity contribution in [2.24, 2.45) is 35.5 Å². The maximum Gasteiger partial charge on any atom is 0.246 e. The Morgan fingerprint density at radius 2 is 1.54 bits per heavy atom. The zero-order valence-corrected chi connectivity index (χ0v) is 55.5. The number of rotatable bonds is 41. The first-order chi connectivity index (χ1) is 42.5. The maximum atomic E-state index is 14.9. The molecule has 3 heterocycles. The Labute approximate surface area is 533 Å². The van der Waals surface area contributed by atoms with Crippen LogP contribution in [0.3, 0.4) is 0 Å².